The molecule has 0 spiro atoms. The maximum Gasteiger partial charge on any atom is 0.261 e. The van der Waals surface area contributed by atoms with Crippen LogP contribution in [0, 0.1) is 6.92 Å². The van der Waals surface area contributed by atoms with Gasteiger partial charge in [0.1, 0.15) is 0 Å². The van der Waals surface area contributed by atoms with E-state index in [-0.39, 0.29) is 17.0 Å². The third-order valence-electron chi connectivity index (χ3n) is 2.51. The molecular formula is C11H17N3O3. The lowest BCUT2D eigenvalue weighted by Gasteiger charge is -2.11. The van der Waals surface area contributed by atoms with E-state index in [4.69, 9.17) is 15.7 Å². The summed E-state index contributed by atoms with van der Waals surface area (Å²) in [6.07, 6.45) is 0.733. The zero-order valence-electron chi connectivity index (χ0n) is 10.0. The minimum absolute atomic E-state index is 0.171. The fourth-order valence-corrected chi connectivity index (χ4v) is 1.56. The molecule has 1 aromatic rings. The van der Waals surface area contributed by atoms with Crippen LogP contribution in [0.25, 0.3) is 0 Å². The van der Waals surface area contributed by atoms with Gasteiger partial charge in [0, 0.05) is 26.0 Å². The fraction of sp³-hybridized carbons (Fsp3) is 0.455. The highest BCUT2D eigenvalue weighted by Gasteiger charge is 2.09. The molecule has 0 aliphatic carbocycles. The van der Waals surface area contributed by atoms with Gasteiger partial charge in [-0.3, -0.25) is 4.79 Å². The SMILES string of the molecule is COCCCn1c(C)ccc(/C(N)=N/O)c1=O. The van der Waals surface area contributed by atoms with E-state index in [1.165, 1.54) is 0 Å². The molecule has 1 aromatic heterocycles. The fourth-order valence-electron chi connectivity index (χ4n) is 1.56. The Balaban J connectivity index is 3.07. The topological polar surface area (TPSA) is 89.8 Å². The maximum absolute atomic E-state index is 12.0. The molecule has 0 atom stereocenters. The van der Waals surface area contributed by atoms with Crippen molar-refractivity contribution in [2.45, 2.75) is 19.9 Å². The summed E-state index contributed by atoms with van der Waals surface area (Å²) in [5, 5.41) is 11.4. The van der Waals surface area contributed by atoms with Crippen molar-refractivity contribution >= 4 is 5.84 Å². The van der Waals surface area contributed by atoms with Crippen LogP contribution in [0.3, 0.4) is 0 Å². The molecule has 3 N–H and O–H groups in total. The molecule has 94 valence electrons. The van der Waals surface area contributed by atoms with Crippen molar-refractivity contribution in [3.63, 3.8) is 0 Å². The average Bonchev–Trinajstić information content (AvgIpc) is 2.32. The Morgan fingerprint density at radius 2 is 2.29 bits per heavy atom. The Hall–Kier alpha value is -1.82. The van der Waals surface area contributed by atoms with Crippen molar-refractivity contribution in [1.29, 1.82) is 0 Å². The third-order valence-corrected chi connectivity index (χ3v) is 2.51. The van der Waals surface area contributed by atoms with E-state index in [9.17, 15) is 4.79 Å². The van der Waals surface area contributed by atoms with Crippen molar-refractivity contribution in [3.05, 3.63) is 33.7 Å². The quantitative estimate of drug-likeness (QED) is 0.254. The van der Waals surface area contributed by atoms with Gasteiger partial charge >= 0.3 is 0 Å². The van der Waals surface area contributed by atoms with Crippen LogP contribution in [0.1, 0.15) is 17.7 Å². The van der Waals surface area contributed by atoms with Gasteiger partial charge in [-0.15, -0.1) is 0 Å². The second-order valence-corrected chi connectivity index (χ2v) is 3.68. The van der Waals surface area contributed by atoms with E-state index in [1.54, 1.807) is 23.8 Å². The van der Waals surface area contributed by atoms with Gasteiger partial charge in [0.2, 0.25) is 0 Å². The highest BCUT2D eigenvalue weighted by atomic mass is 16.5. The molecule has 0 bridgehead atoms. The monoisotopic (exact) mass is 239 g/mol. The van der Waals surface area contributed by atoms with Crippen LogP contribution in [0.4, 0.5) is 0 Å². The lowest BCUT2D eigenvalue weighted by atomic mass is 10.2. The highest BCUT2D eigenvalue weighted by Crippen LogP contribution is 2.00. The number of oxime groups is 1. The first-order chi connectivity index (χ1) is 8.11. The third kappa shape index (κ3) is 3.07. The first kappa shape index (κ1) is 13.2. The number of amidine groups is 1. The molecule has 0 aliphatic heterocycles. The van der Waals surface area contributed by atoms with Crippen LogP contribution in [-0.2, 0) is 11.3 Å². The van der Waals surface area contributed by atoms with Gasteiger partial charge in [0.25, 0.3) is 5.56 Å². The second kappa shape index (κ2) is 6.05. The lowest BCUT2D eigenvalue weighted by molar-refractivity contribution is 0.189. The van der Waals surface area contributed by atoms with Crippen molar-refractivity contribution in [2.24, 2.45) is 10.9 Å². The molecule has 0 saturated heterocycles. The van der Waals surface area contributed by atoms with Crippen LogP contribution in [0.5, 0.6) is 0 Å². The van der Waals surface area contributed by atoms with E-state index >= 15 is 0 Å². The molecule has 0 aliphatic rings. The van der Waals surface area contributed by atoms with Gasteiger partial charge < -0.3 is 20.2 Å². The van der Waals surface area contributed by atoms with Crippen LogP contribution < -0.4 is 11.3 Å². The van der Waals surface area contributed by atoms with E-state index < -0.39 is 0 Å². The summed E-state index contributed by atoms with van der Waals surface area (Å²) in [5.74, 6) is -0.171. The number of ether oxygens (including phenoxy) is 1. The number of methoxy groups -OCH3 is 1. The largest absolute Gasteiger partial charge is 0.409 e. The number of rotatable bonds is 5. The van der Waals surface area contributed by atoms with Gasteiger partial charge in [-0.2, -0.15) is 0 Å². The van der Waals surface area contributed by atoms with Crippen LogP contribution in [0.15, 0.2) is 22.1 Å². The number of hydrogen-bond donors (Lipinski definition) is 2. The summed E-state index contributed by atoms with van der Waals surface area (Å²) in [4.78, 5) is 12.0. The first-order valence-corrected chi connectivity index (χ1v) is 5.29. The van der Waals surface area contributed by atoms with Crippen LogP contribution >= 0.6 is 0 Å². The molecule has 1 heterocycles. The second-order valence-electron chi connectivity index (χ2n) is 3.68. The molecule has 0 radical (unpaired) electrons. The number of aryl methyl sites for hydroxylation is 1. The maximum atomic E-state index is 12.0. The van der Waals surface area contributed by atoms with Crippen molar-refractivity contribution in [3.8, 4) is 0 Å². The molecule has 0 saturated carbocycles. The summed E-state index contributed by atoms with van der Waals surface area (Å²) in [6, 6.07) is 3.32. The molecule has 0 aromatic carbocycles. The summed E-state index contributed by atoms with van der Waals surface area (Å²) in [5.41, 5.74) is 6.22. The number of nitrogens with zero attached hydrogens (tertiary/aromatic N) is 2. The van der Waals surface area contributed by atoms with Gasteiger partial charge in [-0.05, 0) is 25.5 Å². The zero-order valence-corrected chi connectivity index (χ0v) is 10.0. The standard InChI is InChI=1S/C11H17N3O3/c1-8-4-5-9(10(12)13-16)11(15)14(8)6-3-7-17-2/h4-5,16H,3,6-7H2,1-2H3,(H2,12,13). The van der Waals surface area contributed by atoms with Crippen LogP contribution in [-0.4, -0.2) is 29.3 Å². The van der Waals surface area contributed by atoms with E-state index in [2.05, 4.69) is 5.16 Å². The Labute approximate surface area is 99.3 Å². The smallest absolute Gasteiger partial charge is 0.261 e. The Morgan fingerprint density at radius 1 is 1.59 bits per heavy atom. The van der Waals surface area contributed by atoms with Crippen molar-refractivity contribution in [2.75, 3.05) is 13.7 Å². The highest BCUT2D eigenvalue weighted by molar-refractivity contribution is 5.96. The van der Waals surface area contributed by atoms with Gasteiger partial charge in [0.15, 0.2) is 5.84 Å². The molecule has 0 unspecified atom stereocenters. The molecule has 1 rings (SSSR count). The Morgan fingerprint density at radius 3 is 2.88 bits per heavy atom. The predicted molar refractivity (Wildman–Crippen MR) is 64.4 cm³/mol. The van der Waals surface area contributed by atoms with E-state index in [0.717, 1.165) is 12.1 Å². The summed E-state index contributed by atoms with van der Waals surface area (Å²) >= 11 is 0. The molecular weight excluding hydrogens is 222 g/mol. The molecule has 0 fully saturated rings. The summed E-state index contributed by atoms with van der Waals surface area (Å²) in [6.45, 7) is 2.97. The Bertz CT molecular complexity index is 466. The summed E-state index contributed by atoms with van der Waals surface area (Å²) < 4.78 is 6.53. The number of pyridine rings is 1. The van der Waals surface area contributed by atoms with E-state index in [0.29, 0.717) is 13.2 Å². The predicted octanol–water partition coefficient (Wildman–Crippen LogP) is 0.288. The Kier molecular flexibility index (Phi) is 4.71. The molecule has 6 nitrogen and oxygen atoms in total. The molecule has 0 amide bonds. The molecule has 6 heteroatoms. The van der Waals surface area contributed by atoms with Gasteiger partial charge in [-0.1, -0.05) is 5.16 Å². The molecule has 17 heavy (non-hydrogen) atoms. The number of nitrogens with two attached hydrogens (primary N) is 1. The number of hydrogen-bond acceptors (Lipinski definition) is 4. The van der Waals surface area contributed by atoms with Crippen molar-refractivity contribution in [1.82, 2.24) is 4.57 Å². The summed E-state index contributed by atoms with van der Waals surface area (Å²) in [7, 11) is 1.61. The van der Waals surface area contributed by atoms with Gasteiger partial charge in [-0.25, -0.2) is 0 Å². The van der Waals surface area contributed by atoms with Crippen molar-refractivity contribution < 1.29 is 9.94 Å². The lowest BCUT2D eigenvalue weighted by Crippen LogP contribution is -2.31. The first-order valence-electron chi connectivity index (χ1n) is 5.29. The van der Waals surface area contributed by atoms with Crippen LogP contribution in [0.2, 0.25) is 0 Å². The van der Waals surface area contributed by atoms with E-state index in [1.807, 2.05) is 6.92 Å². The zero-order chi connectivity index (χ0) is 12.8. The van der Waals surface area contributed by atoms with Gasteiger partial charge in [0.05, 0.1) is 5.56 Å². The average molecular weight is 239 g/mol. The number of aromatic nitrogens is 1. The minimum Gasteiger partial charge on any atom is -0.409 e. The normalized spacial score (nSPS) is 11.8. The minimum atomic E-state index is -0.253.